The van der Waals surface area contributed by atoms with Crippen LogP contribution in [0.25, 0.3) is 0 Å². The molecule has 16 heavy (non-hydrogen) atoms. The van der Waals surface area contributed by atoms with Gasteiger partial charge in [0.1, 0.15) is 11.3 Å². The highest BCUT2D eigenvalue weighted by atomic mass is 32.1. The molecule has 1 aliphatic carbocycles. The van der Waals surface area contributed by atoms with Gasteiger partial charge in [0.25, 0.3) is 0 Å². The van der Waals surface area contributed by atoms with E-state index < -0.39 is 0 Å². The van der Waals surface area contributed by atoms with Gasteiger partial charge in [0, 0.05) is 0 Å². The summed E-state index contributed by atoms with van der Waals surface area (Å²) in [7, 11) is 0. The van der Waals surface area contributed by atoms with Gasteiger partial charge >= 0.3 is 0 Å². The number of rotatable bonds is 3. The van der Waals surface area contributed by atoms with Crippen LogP contribution in [0.2, 0.25) is 0 Å². The minimum atomic E-state index is 0.280. The summed E-state index contributed by atoms with van der Waals surface area (Å²) in [5.41, 5.74) is 5.52. The number of nitrogens with zero attached hydrogens (tertiary/aromatic N) is 3. The number of thiocarbonyl (C=S) groups is 1. The van der Waals surface area contributed by atoms with Crippen LogP contribution in [0.5, 0.6) is 0 Å². The zero-order valence-electron chi connectivity index (χ0n) is 9.59. The molecule has 0 aliphatic heterocycles. The molecule has 5 heteroatoms. The minimum Gasteiger partial charge on any atom is -0.387 e. The van der Waals surface area contributed by atoms with Gasteiger partial charge in [-0.2, -0.15) is 0 Å². The molecule has 2 unspecified atom stereocenters. The molecular formula is C11H18N4S. The lowest BCUT2D eigenvalue weighted by Gasteiger charge is -2.30. The Kier molecular flexibility index (Phi) is 3.53. The number of hydrogen-bond acceptors (Lipinski definition) is 3. The van der Waals surface area contributed by atoms with Crippen LogP contribution in [-0.2, 0) is 0 Å². The van der Waals surface area contributed by atoms with E-state index in [1.54, 1.807) is 6.33 Å². The molecule has 2 rings (SSSR count). The Morgan fingerprint density at radius 1 is 1.56 bits per heavy atom. The Labute approximate surface area is 101 Å². The summed E-state index contributed by atoms with van der Waals surface area (Å²) in [6, 6.07) is 0.481. The van der Waals surface area contributed by atoms with E-state index >= 15 is 0 Å². The van der Waals surface area contributed by atoms with E-state index in [4.69, 9.17) is 18.0 Å². The number of nitrogens with two attached hydrogens (primary N) is 1. The molecule has 2 atom stereocenters. The highest BCUT2D eigenvalue weighted by Crippen LogP contribution is 2.35. The van der Waals surface area contributed by atoms with E-state index in [0.29, 0.717) is 11.9 Å². The van der Waals surface area contributed by atoms with Gasteiger partial charge in [-0.15, -0.1) is 5.10 Å². The molecule has 1 heterocycles. The van der Waals surface area contributed by atoms with Gasteiger partial charge in [0.05, 0.1) is 6.04 Å². The maximum Gasteiger partial charge on any atom is 0.208 e. The van der Waals surface area contributed by atoms with E-state index in [0.717, 1.165) is 5.92 Å². The molecule has 2 N–H and O–H groups in total. The third kappa shape index (κ3) is 2.24. The average Bonchev–Trinajstić information content (AvgIpc) is 2.78. The van der Waals surface area contributed by atoms with Crippen LogP contribution in [0.4, 0.5) is 0 Å². The molecule has 0 aromatic carbocycles. The average molecular weight is 238 g/mol. The van der Waals surface area contributed by atoms with Crippen LogP contribution in [0.3, 0.4) is 0 Å². The second-order valence-electron chi connectivity index (χ2n) is 4.43. The van der Waals surface area contributed by atoms with Crippen LogP contribution in [0.15, 0.2) is 6.33 Å². The molecule has 0 saturated heterocycles. The summed E-state index contributed by atoms with van der Waals surface area (Å²) in [6.07, 6.45) is 8.08. The molecule has 1 fully saturated rings. The SMILES string of the molecule is CCC1CCCCC1n1cnc(C(N)=S)n1. The Morgan fingerprint density at radius 2 is 2.31 bits per heavy atom. The zero-order valence-corrected chi connectivity index (χ0v) is 10.4. The van der Waals surface area contributed by atoms with E-state index in [1.165, 1.54) is 32.1 Å². The van der Waals surface area contributed by atoms with E-state index in [-0.39, 0.29) is 4.99 Å². The first-order chi connectivity index (χ1) is 7.72. The molecule has 1 saturated carbocycles. The van der Waals surface area contributed by atoms with Crippen molar-refractivity contribution < 1.29 is 0 Å². The highest BCUT2D eigenvalue weighted by Gasteiger charge is 2.26. The maximum absolute atomic E-state index is 5.52. The van der Waals surface area contributed by atoms with Crippen molar-refractivity contribution in [2.45, 2.75) is 45.1 Å². The van der Waals surface area contributed by atoms with Gasteiger partial charge < -0.3 is 5.73 Å². The first-order valence-corrected chi connectivity index (χ1v) is 6.34. The normalized spacial score (nSPS) is 25.6. The monoisotopic (exact) mass is 238 g/mol. The molecule has 4 nitrogen and oxygen atoms in total. The Balaban J connectivity index is 2.17. The fourth-order valence-electron chi connectivity index (χ4n) is 2.56. The van der Waals surface area contributed by atoms with Crippen molar-refractivity contribution in [1.82, 2.24) is 14.8 Å². The van der Waals surface area contributed by atoms with E-state index in [1.807, 2.05) is 4.68 Å². The minimum absolute atomic E-state index is 0.280. The Bertz CT molecular complexity index is 374. The zero-order chi connectivity index (χ0) is 11.5. The quantitative estimate of drug-likeness (QED) is 0.819. The first-order valence-electron chi connectivity index (χ1n) is 5.93. The van der Waals surface area contributed by atoms with Crippen molar-refractivity contribution in [2.24, 2.45) is 11.7 Å². The summed E-state index contributed by atoms with van der Waals surface area (Å²) in [5, 5.41) is 4.37. The van der Waals surface area contributed by atoms with Crippen LogP contribution in [-0.4, -0.2) is 19.8 Å². The third-order valence-corrected chi connectivity index (χ3v) is 3.64. The van der Waals surface area contributed by atoms with Crippen LogP contribution >= 0.6 is 12.2 Å². The maximum atomic E-state index is 5.52. The second-order valence-corrected chi connectivity index (χ2v) is 4.87. The topological polar surface area (TPSA) is 56.7 Å². The van der Waals surface area contributed by atoms with Gasteiger partial charge in [-0.25, -0.2) is 9.67 Å². The van der Waals surface area contributed by atoms with Crippen molar-refractivity contribution in [3.05, 3.63) is 12.2 Å². The van der Waals surface area contributed by atoms with Crippen molar-refractivity contribution in [1.29, 1.82) is 0 Å². The van der Waals surface area contributed by atoms with Crippen LogP contribution in [0.1, 0.15) is 50.9 Å². The summed E-state index contributed by atoms with van der Waals surface area (Å²) in [5.74, 6) is 1.21. The molecule has 0 spiro atoms. The largest absolute Gasteiger partial charge is 0.387 e. The summed E-state index contributed by atoms with van der Waals surface area (Å²) in [4.78, 5) is 4.43. The van der Waals surface area contributed by atoms with Crippen molar-refractivity contribution in [3.8, 4) is 0 Å². The van der Waals surface area contributed by atoms with Crippen LogP contribution < -0.4 is 5.73 Å². The predicted molar refractivity (Wildman–Crippen MR) is 67.2 cm³/mol. The predicted octanol–water partition coefficient (Wildman–Crippen LogP) is 2.05. The summed E-state index contributed by atoms with van der Waals surface area (Å²) in [6.45, 7) is 2.24. The van der Waals surface area contributed by atoms with Gasteiger partial charge in [-0.05, 0) is 18.8 Å². The highest BCUT2D eigenvalue weighted by molar-refractivity contribution is 7.80. The van der Waals surface area contributed by atoms with Crippen molar-refractivity contribution in [3.63, 3.8) is 0 Å². The lowest BCUT2D eigenvalue weighted by atomic mass is 9.83. The van der Waals surface area contributed by atoms with Crippen molar-refractivity contribution in [2.75, 3.05) is 0 Å². The number of aromatic nitrogens is 3. The summed E-state index contributed by atoms with van der Waals surface area (Å²) < 4.78 is 1.96. The van der Waals surface area contributed by atoms with E-state index in [9.17, 15) is 0 Å². The van der Waals surface area contributed by atoms with Gasteiger partial charge in [-0.3, -0.25) is 0 Å². The fourth-order valence-corrected chi connectivity index (χ4v) is 2.65. The molecule has 0 amide bonds. The molecule has 1 aromatic rings. The molecule has 0 radical (unpaired) electrons. The Morgan fingerprint density at radius 3 is 2.94 bits per heavy atom. The molecule has 0 bridgehead atoms. The lowest BCUT2D eigenvalue weighted by Crippen LogP contribution is -2.23. The lowest BCUT2D eigenvalue weighted by molar-refractivity contribution is 0.217. The van der Waals surface area contributed by atoms with Gasteiger partial charge in [0.2, 0.25) is 5.82 Å². The molecule has 1 aliphatic rings. The summed E-state index contributed by atoms with van der Waals surface area (Å²) >= 11 is 4.87. The Hall–Kier alpha value is -0.970. The number of hydrogen-bond donors (Lipinski definition) is 1. The molecule has 88 valence electrons. The van der Waals surface area contributed by atoms with Crippen LogP contribution in [0, 0.1) is 5.92 Å². The molecule has 1 aromatic heterocycles. The third-order valence-electron chi connectivity index (χ3n) is 3.46. The van der Waals surface area contributed by atoms with Gasteiger partial charge in [0.15, 0.2) is 0 Å². The standard InChI is InChI=1S/C11H18N4S/c1-2-8-5-3-4-6-9(8)15-7-13-11(14-15)10(12)16/h7-9H,2-6H2,1H3,(H2,12,16). The van der Waals surface area contributed by atoms with Crippen molar-refractivity contribution >= 4 is 17.2 Å². The van der Waals surface area contributed by atoms with E-state index in [2.05, 4.69) is 17.0 Å². The first kappa shape index (κ1) is 11.5. The smallest absolute Gasteiger partial charge is 0.208 e. The molecular weight excluding hydrogens is 220 g/mol. The van der Waals surface area contributed by atoms with Gasteiger partial charge in [-0.1, -0.05) is 38.4 Å². The second kappa shape index (κ2) is 4.91. The fraction of sp³-hybridized carbons (Fsp3) is 0.727.